The number of para-hydroxylation sites is 2. The Labute approximate surface area is 215 Å². The number of anilines is 3. The van der Waals surface area contributed by atoms with Crippen molar-refractivity contribution in [3.8, 4) is 5.75 Å². The molecule has 2 fully saturated rings. The van der Waals surface area contributed by atoms with Crippen LogP contribution in [0.25, 0.3) is 0 Å². The third-order valence-electron chi connectivity index (χ3n) is 7.78. The number of ether oxygens (including phenoxy) is 1. The number of fused-ring (bicyclic) bond motifs is 4. The summed E-state index contributed by atoms with van der Waals surface area (Å²) in [7, 11) is 4.47. The van der Waals surface area contributed by atoms with Crippen molar-refractivity contribution in [2.45, 2.75) is 25.8 Å². The summed E-state index contributed by atoms with van der Waals surface area (Å²) in [6, 6.07) is 12.1. The molecule has 0 aliphatic carbocycles. The lowest BCUT2D eigenvalue weighted by Crippen LogP contribution is -2.74. The Morgan fingerprint density at radius 3 is 2.41 bits per heavy atom. The number of barbiturate groups is 1. The van der Waals surface area contributed by atoms with Crippen LogP contribution in [0.4, 0.5) is 21.9 Å². The van der Waals surface area contributed by atoms with E-state index in [0.29, 0.717) is 37.5 Å². The number of benzene rings is 2. The van der Waals surface area contributed by atoms with E-state index < -0.39 is 29.3 Å². The van der Waals surface area contributed by atoms with Crippen LogP contribution < -0.4 is 19.9 Å². The van der Waals surface area contributed by atoms with Crippen LogP contribution in [0.15, 0.2) is 42.5 Å². The standard InChI is InChI=1S/C27H31N5O5/c1-5-23(33)28-18-10-11-19-17(14-18)15-27(24(34)29(2)26(36)30(3)25(27)35)22-16-31(12-13-32(19)22)20-8-6-7-9-21(20)37-4/h6-11,14,22H,5,12-13,15-16H2,1-4H3,(H,28,33)/t22-/m1/s1. The number of carbonyl (C=O) groups is 4. The first kappa shape index (κ1) is 24.6. The Hall–Kier alpha value is -4.08. The van der Waals surface area contributed by atoms with Crippen LogP contribution >= 0.6 is 0 Å². The number of nitrogens with one attached hydrogen (secondary N) is 1. The van der Waals surface area contributed by atoms with Crippen molar-refractivity contribution in [1.29, 1.82) is 0 Å². The van der Waals surface area contributed by atoms with Gasteiger partial charge in [0, 0.05) is 51.5 Å². The van der Waals surface area contributed by atoms with Crippen molar-refractivity contribution in [1.82, 2.24) is 9.80 Å². The summed E-state index contributed by atoms with van der Waals surface area (Å²) in [5.74, 6) is -0.427. The van der Waals surface area contributed by atoms with E-state index in [1.165, 1.54) is 14.1 Å². The summed E-state index contributed by atoms with van der Waals surface area (Å²) >= 11 is 0. The fraction of sp³-hybridized carbons (Fsp3) is 0.407. The average molecular weight is 506 g/mol. The lowest BCUT2D eigenvalue weighted by atomic mass is 9.67. The zero-order valence-electron chi connectivity index (χ0n) is 21.5. The lowest BCUT2D eigenvalue weighted by molar-refractivity contribution is -0.159. The van der Waals surface area contributed by atoms with Crippen molar-refractivity contribution in [3.05, 3.63) is 48.0 Å². The topological polar surface area (TPSA) is 102 Å². The van der Waals surface area contributed by atoms with Crippen LogP contribution in [0, 0.1) is 5.41 Å². The van der Waals surface area contributed by atoms with Crippen LogP contribution in [0.2, 0.25) is 0 Å². The van der Waals surface area contributed by atoms with Gasteiger partial charge in [-0.15, -0.1) is 0 Å². The van der Waals surface area contributed by atoms with Gasteiger partial charge < -0.3 is 19.9 Å². The van der Waals surface area contributed by atoms with Gasteiger partial charge in [0.2, 0.25) is 17.7 Å². The summed E-state index contributed by atoms with van der Waals surface area (Å²) in [5, 5.41) is 2.87. The Bertz CT molecular complexity index is 1270. The molecule has 5 rings (SSSR count). The van der Waals surface area contributed by atoms with Crippen molar-refractivity contribution in [2.75, 3.05) is 56.0 Å². The molecule has 194 valence electrons. The summed E-state index contributed by atoms with van der Waals surface area (Å²) in [4.78, 5) is 58.9. The van der Waals surface area contributed by atoms with Gasteiger partial charge >= 0.3 is 6.03 Å². The van der Waals surface area contributed by atoms with Gasteiger partial charge in [-0.05, 0) is 42.3 Å². The third-order valence-corrected chi connectivity index (χ3v) is 7.78. The van der Waals surface area contributed by atoms with E-state index in [4.69, 9.17) is 4.74 Å². The van der Waals surface area contributed by atoms with Crippen LogP contribution in [0.1, 0.15) is 18.9 Å². The molecule has 37 heavy (non-hydrogen) atoms. The minimum atomic E-state index is -1.50. The molecule has 1 N–H and O–H groups in total. The van der Waals surface area contributed by atoms with Crippen LogP contribution in [0.3, 0.4) is 0 Å². The highest BCUT2D eigenvalue weighted by molar-refractivity contribution is 6.20. The van der Waals surface area contributed by atoms with E-state index in [2.05, 4.69) is 15.1 Å². The van der Waals surface area contributed by atoms with E-state index in [0.717, 1.165) is 26.7 Å². The molecule has 3 heterocycles. The molecule has 10 nitrogen and oxygen atoms in total. The molecule has 0 saturated carbocycles. The number of nitrogens with zero attached hydrogens (tertiary/aromatic N) is 4. The summed E-state index contributed by atoms with van der Waals surface area (Å²) < 4.78 is 5.59. The van der Waals surface area contributed by atoms with E-state index >= 15 is 0 Å². The van der Waals surface area contributed by atoms with Gasteiger partial charge in [0.25, 0.3) is 0 Å². The normalized spacial score (nSPS) is 20.6. The molecule has 0 radical (unpaired) electrons. The highest BCUT2D eigenvalue weighted by atomic mass is 16.5. The fourth-order valence-corrected chi connectivity index (χ4v) is 5.88. The first-order valence-electron chi connectivity index (χ1n) is 12.4. The maximum Gasteiger partial charge on any atom is 0.332 e. The Kier molecular flexibility index (Phi) is 6.05. The summed E-state index contributed by atoms with van der Waals surface area (Å²) in [5.41, 5.74) is 1.71. The number of carbonyl (C=O) groups excluding carboxylic acids is 4. The average Bonchev–Trinajstić information content (AvgIpc) is 2.93. The number of piperazine rings is 1. The van der Waals surface area contributed by atoms with E-state index in [-0.39, 0.29) is 12.3 Å². The first-order valence-corrected chi connectivity index (χ1v) is 12.4. The molecule has 0 aromatic heterocycles. The highest BCUT2D eigenvalue weighted by Crippen LogP contribution is 2.48. The van der Waals surface area contributed by atoms with E-state index in [1.807, 2.05) is 42.5 Å². The van der Waals surface area contributed by atoms with Gasteiger partial charge in [-0.1, -0.05) is 19.1 Å². The lowest BCUT2D eigenvalue weighted by Gasteiger charge is -2.56. The Balaban J connectivity index is 1.63. The monoisotopic (exact) mass is 505 g/mol. The van der Waals surface area contributed by atoms with Gasteiger partial charge in [0.05, 0.1) is 18.8 Å². The first-order chi connectivity index (χ1) is 17.7. The van der Waals surface area contributed by atoms with Crippen LogP contribution in [0.5, 0.6) is 5.75 Å². The smallest absolute Gasteiger partial charge is 0.332 e. The molecule has 5 amide bonds. The van der Waals surface area contributed by atoms with Gasteiger partial charge in [-0.3, -0.25) is 24.2 Å². The number of hydrogen-bond donors (Lipinski definition) is 1. The van der Waals surface area contributed by atoms with Crippen molar-refractivity contribution >= 4 is 40.8 Å². The van der Waals surface area contributed by atoms with E-state index in [1.54, 1.807) is 14.0 Å². The predicted molar refractivity (Wildman–Crippen MR) is 139 cm³/mol. The summed E-state index contributed by atoms with van der Waals surface area (Å²) in [6.07, 6.45) is 0.460. The van der Waals surface area contributed by atoms with Crippen molar-refractivity contribution in [2.24, 2.45) is 5.41 Å². The van der Waals surface area contributed by atoms with Crippen molar-refractivity contribution < 1.29 is 23.9 Å². The second-order valence-electron chi connectivity index (χ2n) is 9.73. The molecular weight excluding hydrogens is 474 g/mol. The number of imide groups is 2. The van der Waals surface area contributed by atoms with Gasteiger partial charge in [0.1, 0.15) is 5.75 Å². The van der Waals surface area contributed by atoms with Crippen molar-refractivity contribution in [3.63, 3.8) is 0 Å². The van der Waals surface area contributed by atoms with Crippen LogP contribution in [-0.2, 0) is 20.8 Å². The molecule has 3 aliphatic rings. The molecule has 2 saturated heterocycles. The molecule has 1 atom stereocenters. The number of amides is 5. The molecule has 1 spiro atoms. The fourth-order valence-electron chi connectivity index (χ4n) is 5.88. The minimum Gasteiger partial charge on any atom is -0.495 e. The maximum absolute atomic E-state index is 13.9. The highest BCUT2D eigenvalue weighted by Gasteiger charge is 2.64. The Morgan fingerprint density at radius 1 is 1.03 bits per heavy atom. The predicted octanol–water partition coefficient (Wildman–Crippen LogP) is 2.33. The molecule has 3 aliphatic heterocycles. The second kappa shape index (κ2) is 9.10. The maximum atomic E-state index is 13.9. The number of hydrogen-bond acceptors (Lipinski definition) is 7. The van der Waals surface area contributed by atoms with Gasteiger partial charge in [-0.2, -0.15) is 0 Å². The SMILES string of the molecule is CCC(=O)Nc1ccc2c(c1)CC1(C(=O)N(C)C(=O)N(C)C1=O)[C@H]1CN(c3ccccc3OC)CCN21. The second-order valence-corrected chi connectivity index (χ2v) is 9.73. The molecule has 0 unspecified atom stereocenters. The minimum absolute atomic E-state index is 0.122. The molecular formula is C27H31N5O5. The molecule has 0 bridgehead atoms. The molecule has 10 heteroatoms. The van der Waals surface area contributed by atoms with Crippen LogP contribution in [-0.4, -0.2) is 80.4 Å². The van der Waals surface area contributed by atoms with Gasteiger partial charge in [0.15, 0.2) is 5.41 Å². The zero-order chi connectivity index (χ0) is 26.5. The zero-order valence-corrected chi connectivity index (χ0v) is 21.5. The third kappa shape index (κ3) is 3.70. The molecule has 2 aromatic rings. The van der Waals surface area contributed by atoms with Gasteiger partial charge in [-0.25, -0.2) is 4.79 Å². The largest absolute Gasteiger partial charge is 0.495 e. The summed E-state index contributed by atoms with van der Waals surface area (Å²) in [6.45, 7) is 3.37. The number of urea groups is 1. The molecule has 2 aromatic carbocycles. The number of methoxy groups -OCH3 is 1. The quantitative estimate of drug-likeness (QED) is 0.637. The Morgan fingerprint density at radius 2 is 1.73 bits per heavy atom. The van der Waals surface area contributed by atoms with E-state index in [9.17, 15) is 19.2 Å². The number of rotatable bonds is 4.